The maximum Gasteiger partial charge on any atom is 0.214 e. The summed E-state index contributed by atoms with van der Waals surface area (Å²) in [6.07, 6.45) is 4.70. The van der Waals surface area contributed by atoms with Crippen LogP contribution in [0.2, 0.25) is 0 Å². The van der Waals surface area contributed by atoms with Crippen LogP contribution in [0.25, 0.3) is 11.1 Å². The Labute approximate surface area is 253 Å². The summed E-state index contributed by atoms with van der Waals surface area (Å²) in [6.45, 7) is -0.0378. The molecule has 2 aliphatic rings. The molecule has 2 fully saturated rings. The lowest BCUT2D eigenvalue weighted by molar-refractivity contribution is 0.286. The fraction of sp³-hybridized carbons (Fsp3) is 0.344. The highest BCUT2D eigenvalue weighted by molar-refractivity contribution is 7.90. The average Bonchev–Trinajstić information content (AvgIpc) is 3.64. The minimum absolute atomic E-state index is 0.0378. The van der Waals surface area contributed by atoms with Gasteiger partial charge in [-0.05, 0) is 73.9 Å². The minimum Gasteiger partial charge on any atom is -0.485 e. The number of nitrogens with zero attached hydrogens (tertiary/aromatic N) is 1. The summed E-state index contributed by atoms with van der Waals surface area (Å²) in [5, 5.41) is -0.346. The summed E-state index contributed by atoms with van der Waals surface area (Å²) in [4.78, 5) is 4.58. The lowest BCUT2D eigenvalue weighted by Crippen LogP contribution is -2.37. The Hall–Kier alpha value is -3.34. The van der Waals surface area contributed by atoms with E-state index in [-0.39, 0.29) is 40.7 Å². The van der Waals surface area contributed by atoms with Crippen LogP contribution in [0.5, 0.6) is 5.75 Å². The van der Waals surface area contributed by atoms with Crippen LogP contribution in [0.15, 0.2) is 71.3 Å². The molecule has 0 saturated heterocycles. The van der Waals surface area contributed by atoms with Crippen molar-refractivity contribution in [3.8, 4) is 16.9 Å². The Bertz CT molecular complexity index is 1730. The fourth-order valence-corrected chi connectivity index (χ4v) is 7.61. The number of rotatable bonds is 11. The molecule has 0 bridgehead atoms. The number of ether oxygens (including phenoxy) is 1. The van der Waals surface area contributed by atoms with Gasteiger partial charge in [0.05, 0.1) is 22.2 Å². The van der Waals surface area contributed by atoms with Gasteiger partial charge in [-0.3, -0.25) is 0 Å². The number of oxazole rings is 1. The second kappa shape index (κ2) is 12.0. The van der Waals surface area contributed by atoms with Crippen LogP contribution in [0.1, 0.15) is 54.8 Å². The summed E-state index contributed by atoms with van der Waals surface area (Å²) < 4.78 is 84.5. The van der Waals surface area contributed by atoms with E-state index in [1.165, 1.54) is 18.4 Å². The molecule has 2 aliphatic carbocycles. The molecule has 11 heteroatoms. The van der Waals surface area contributed by atoms with E-state index in [9.17, 15) is 12.8 Å². The fourth-order valence-electron chi connectivity index (χ4n) is 5.87. The molecule has 2 atom stereocenters. The summed E-state index contributed by atoms with van der Waals surface area (Å²) in [5.74, 6) is -2.74. The van der Waals surface area contributed by atoms with Crippen molar-refractivity contribution in [1.82, 2.24) is 9.71 Å². The Morgan fingerprint density at radius 1 is 0.977 bits per heavy atom. The first-order chi connectivity index (χ1) is 20.7. The quantitative estimate of drug-likeness (QED) is 0.177. The molecular weight excluding hydrogens is 601 g/mol. The molecule has 0 radical (unpaired) electrons. The SMILES string of the molecule is O=S(=O)(N[C@H]1CC[C@](Cc2ccc(F)c(-c3ccc(F)c(F)c3OCc3ccccc3)c2)(c2nc(CCl)co2)C1)C1CC1. The Balaban J connectivity index is 1.33. The van der Waals surface area contributed by atoms with Gasteiger partial charge in [0.1, 0.15) is 18.7 Å². The number of sulfonamides is 1. The molecule has 1 aromatic heterocycles. The van der Waals surface area contributed by atoms with Gasteiger partial charge in [-0.1, -0.05) is 36.4 Å². The number of halogens is 4. The first kappa shape index (κ1) is 29.7. The molecule has 1 heterocycles. The van der Waals surface area contributed by atoms with Gasteiger partial charge < -0.3 is 9.15 Å². The van der Waals surface area contributed by atoms with E-state index in [1.54, 1.807) is 36.4 Å². The molecule has 43 heavy (non-hydrogen) atoms. The number of alkyl halides is 1. The van der Waals surface area contributed by atoms with Crippen LogP contribution in [-0.4, -0.2) is 24.7 Å². The van der Waals surface area contributed by atoms with Gasteiger partial charge in [-0.25, -0.2) is 26.9 Å². The smallest absolute Gasteiger partial charge is 0.214 e. The van der Waals surface area contributed by atoms with Crippen LogP contribution in [-0.2, 0) is 34.3 Å². The van der Waals surface area contributed by atoms with Gasteiger partial charge in [-0.15, -0.1) is 11.6 Å². The molecule has 0 unspecified atom stereocenters. The first-order valence-corrected chi connectivity index (χ1v) is 16.2. The largest absolute Gasteiger partial charge is 0.485 e. The van der Waals surface area contributed by atoms with Crippen LogP contribution in [0.3, 0.4) is 0 Å². The van der Waals surface area contributed by atoms with Gasteiger partial charge in [0.25, 0.3) is 0 Å². The predicted octanol–water partition coefficient (Wildman–Crippen LogP) is 7.19. The van der Waals surface area contributed by atoms with Crippen LogP contribution >= 0.6 is 11.6 Å². The van der Waals surface area contributed by atoms with Crippen molar-refractivity contribution in [3.05, 3.63) is 107 Å². The third kappa shape index (κ3) is 6.32. The lowest BCUT2D eigenvalue weighted by Gasteiger charge is -2.27. The number of benzene rings is 3. The summed E-state index contributed by atoms with van der Waals surface area (Å²) in [6, 6.07) is 15.4. The topological polar surface area (TPSA) is 81.4 Å². The van der Waals surface area contributed by atoms with E-state index in [0.717, 1.165) is 11.6 Å². The predicted molar refractivity (Wildman–Crippen MR) is 157 cm³/mol. The Morgan fingerprint density at radius 3 is 2.47 bits per heavy atom. The average molecular weight is 631 g/mol. The maximum absolute atomic E-state index is 15.3. The molecule has 6 nitrogen and oxygen atoms in total. The number of aromatic nitrogens is 1. The second-order valence-electron chi connectivity index (χ2n) is 11.4. The third-order valence-electron chi connectivity index (χ3n) is 8.18. The molecule has 1 N–H and O–H groups in total. The van der Waals surface area contributed by atoms with Crippen molar-refractivity contribution in [2.45, 2.75) is 67.7 Å². The second-order valence-corrected chi connectivity index (χ2v) is 13.6. The standard InChI is InChI=1S/C32H30ClF3N2O4S/c33-17-23-19-42-31(37-23)32(13-12-22(16-32)38-43(39,40)24-7-8-24)15-21-6-10-27(34)26(14-21)25-9-11-28(35)29(36)30(25)41-18-20-4-2-1-3-5-20/h1-6,9-11,14,19,22,24,38H,7-8,12-13,15-18H2/t22-,32+/m0/s1. The van der Waals surface area contributed by atoms with Crippen molar-refractivity contribution < 1.29 is 30.7 Å². The molecule has 6 rings (SSSR count). The zero-order valence-corrected chi connectivity index (χ0v) is 24.7. The van der Waals surface area contributed by atoms with Crippen molar-refractivity contribution in [3.63, 3.8) is 0 Å². The molecular formula is C32H30ClF3N2O4S. The lowest BCUT2D eigenvalue weighted by atomic mass is 9.79. The molecule has 0 aliphatic heterocycles. The Kier molecular flexibility index (Phi) is 8.28. The van der Waals surface area contributed by atoms with Crippen molar-refractivity contribution in [2.75, 3.05) is 0 Å². The van der Waals surface area contributed by atoms with Gasteiger partial charge in [-0.2, -0.15) is 4.39 Å². The monoisotopic (exact) mass is 630 g/mol. The summed E-state index contributed by atoms with van der Waals surface area (Å²) in [7, 11) is -3.41. The number of hydrogen-bond donors (Lipinski definition) is 1. The number of nitrogens with one attached hydrogen (secondary N) is 1. The highest BCUT2D eigenvalue weighted by atomic mass is 35.5. The zero-order valence-electron chi connectivity index (χ0n) is 23.2. The minimum atomic E-state index is -3.41. The summed E-state index contributed by atoms with van der Waals surface area (Å²) >= 11 is 5.99. The van der Waals surface area contributed by atoms with E-state index in [2.05, 4.69) is 9.71 Å². The highest BCUT2D eigenvalue weighted by Gasteiger charge is 2.47. The van der Waals surface area contributed by atoms with Crippen LogP contribution in [0.4, 0.5) is 13.2 Å². The van der Waals surface area contributed by atoms with E-state index in [0.29, 0.717) is 55.7 Å². The van der Waals surface area contributed by atoms with Crippen molar-refractivity contribution in [1.29, 1.82) is 0 Å². The van der Waals surface area contributed by atoms with Crippen LogP contribution in [0, 0.1) is 17.5 Å². The Morgan fingerprint density at radius 2 is 1.74 bits per heavy atom. The van der Waals surface area contributed by atoms with E-state index in [4.69, 9.17) is 20.8 Å². The van der Waals surface area contributed by atoms with Gasteiger partial charge in [0.2, 0.25) is 21.7 Å². The normalized spacial score (nSPS) is 20.4. The molecule has 4 aromatic rings. The van der Waals surface area contributed by atoms with Gasteiger partial charge in [0, 0.05) is 17.2 Å². The van der Waals surface area contributed by atoms with Crippen LogP contribution < -0.4 is 9.46 Å². The van der Waals surface area contributed by atoms with Crippen molar-refractivity contribution >= 4 is 21.6 Å². The maximum atomic E-state index is 15.3. The van der Waals surface area contributed by atoms with E-state index >= 15 is 8.78 Å². The molecule has 2 saturated carbocycles. The van der Waals surface area contributed by atoms with E-state index < -0.39 is 32.9 Å². The first-order valence-electron chi connectivity index (χ1n) is 14.1. The zero-order chi connectivity index (χ0) is 30.2. The van der Waals surface area contributed by atoms with Crippen molar-refractivity contribution in [2.24, 2.45) is 0 Å². The molecule has 0 spiro atoms. The molecule has 3 aromatic carbocycles. The van der Waals surface area contributed by atoms with Gasteiger partial charge in [0.15, 0.2) is 11.6 Å². The number of hydrogen-bond acceptors (Lipinski definition) is 5. The highest BCUT2D eigenvalue weighted by Crippen LogP contribution is 2.45. The molecule has 226 valence electrons. The molecule has 0 amide bonds. The van der Waals surface area contributed by atoms with Gasteiger partial charge >= 0.3 is 0 Å². The van der Waals surface area contributed by atoms with E-state index in [1.807, 2.05) is 6.07 Å². The summed E-state index contributed by atoms with van der Waals surface area (Å²) in [5.41, 5.74) is 1.41. The third-order valence-corrected chi connectivity index (χ3v) is 10.5.